The summed E-state index contributed by atoms with van der Waals surface area (Å²) in [6.45, 7) is 0.922. The molecule has 0 bridgehead atoms. The van der Waals surface area contributed by atoms with Gasteiger partial charge in [-0.25, -0.2) is 15.0 Å². The molecule has 4 aromatic rings. The van der Waals surface area contributed by atoms with Crippen molar-refractivity contribution in [2.24, 2.45) is 0 Å². The predicted octanol–water partition coefficient (Wildman–Crippen LogP) is 6.06. The summed E-state index contributed by atoms with van der Waals surface area (Å²) in [6.07, 6.45) is -8.00. The van der Waals surface area contributed by atoms with Crippen LogP contribution in [0, 0.1) is 0 Å². The lowest BCUT2D eigenvalue weighted by Gasteiger charge is -2.25. The molecule has 0 radical (unpaired) electrons. The number of benzene rings is 1. The number of hydrogen-bond donors (Lipinski definition) is 1. The summed E-state index contributed by atoms with van der Waals surface area (Å²) in [5.74, 6) is 0.765. The van der Waals surface area contributed by atoms with Gasteiger partial charge < -0.3 is 10.2 Å². The third-order valence-electron chi connectivity index (χ3n) is 5.88. The minimum Gasteiger partial charge on any atom is -0.340 e. The van der Waals surface area contributed by atoms with Crippen LogP contribution in [0.25, 0.3) is 22.4 Å². The Balaban J connectivity index is 1.61. The molecule has 0 unspecified atom stereocenters. The molecule has 39 heavy (non-hydrogen) atoms. The van der Waals surface area contributed by atoms with Crippen LogP contribution in [0.4, 0.5) is 37.8 Å². The number of hydrogen-bond acceptors (Lipinski definition) is 7. The molecule has 1 aromatic carbocycles. The number of rotatable bonds is 4. The number of nitrogens with zero attached hydrogens (tertiary/aromatic N) is 5. The Morgan fingerprint density at radius 1 is 0.872 bits per heavy atom. The zero-order valence-electron chi connectivity index (χ0n) is 19.8. The van der Waals surface area contributed by atoms with Crippen LogP contribution < -0.4 is 5.32 Å². The molecule has 7 nitrogen and oxygen atoms in total. The van der Waals surface area contributed by atoms with Gasteiger partial charge in [-0.3, -0.25) is 9.78 Å². The maximum Gasteiger partial charge on any atom is 0.418 e. The molecule has 3 aromatic heterocycles. The Labute approximate surface area is 221 Å². The summed E-state index contributed by atoms with van der Waals surface area (Å²) in [7, 11) is 0. The quantitative estimate of drug-likeness (QED) is 0.302. The van der Waals surface area contributed by atoms with E-state index in [1.165, 1.54) is 30.5 Å². The number of carbonyl (C=O) groups excluding carboxylic acids is 1. The van der Waals surface area contributed by atoms with E-state index in [-0.39, 0.29) is 34.1 Å². The van der Waals surface area contributed by atoms with Crippen LogP contribution >= 0.6 is 11.8 Å². The molecule has 5 rings (SSSR count). The molecule has 1 amide bonds. The Morgan fingerprint density at radius 3 is 2.26 bits per heavy atom. The molecule has 1 fully saturated rings. The van der Waals surface area contributed by atoms with Crippen molar-refractivity contribution in [3.8, 4) is 11.4 Å². The molecule has 0 spiro atoms. The number of thioether (sulfide) groups is 1. The first kappa shape index (κ1) is 26.7. The third-order valence-corrected chi connectivity index (χ3v) is 6.82. The van der Waals surface area contributed by atoms with E-state index in [9.17, 15) is 31.1 Å². The first-order valence-corrected chi connectivity index (χ1v) is 12.7. The molecule has 1 saturated heterocycles. The normalized spacial score (nSPS) is 14.5. The van der Waals surface area contributed by atoms with E-state index in [0.29, 0.717) is 13.1 Å². The number of alkyl halides is 6. The highest BCUT2D eigenvalue weighted by Gasteiger charge is 2.35. The molecule has 4 heterocycles. The third kappa shape index (κ3) is 5.75. The highest BCUT2D eigenvalue weighted by atomic mass is 32.2. The number of anilines is 2. The van der Waals surface area contributed by atoms with Crippen LogP contribution in [0.1, 0.15) is 21.7 Å². The van der Waals surface area contributed by atoms with Gasteiger partial charge in [0.05, 0.1) is 22.2 Å². The second kappa shape index (κ2) is 10.3. The monoisotopic (exact) mass is 564 g/mol. The standard InChI is InChI=1S/C25H18F6N6OS/c26-24(27,28)14-3-5-15(6-4-14)33-20-16-7-8-18(19-17(25(29,30)31)2-1-9-32-19)34-21(16)36-22(35-20)23(38)37-10-12-39-13-11-37/h1-9H,10-13H2,(H,33,34,35,36). The number of fused-ring (bicyclic) bond motifs is 1. The average molecular weight is 565 g/mol. The topological polar surface area (TPSA) is 83.9 Å². The number of carbonyl (C=O) groups is 1. The van der Waals surface area contributed by atoms with Crippen molar-refractivity contribution < 1.29 is 31.1 Å². The van der Waals surface area contributed by atoms with E-state index in [0.717, 1.165) is 35.8 Å². The lowest BCUT2D eigenvalue weighted by atomic mass is 10.1. The van der Waals surface area contributed by atoms with Gasteiger partial charge in [0.1, 0.15) is 11.5 Å². The lowest BCUT2D eigenvalue weighted by molar-refractivity contribution is -0.138. The fourth-order valence-electron chi connectivity index (χ4n) is 3.96. The van der Waals surface area contributed by atoms with E-state index in [1.807, 2.05) is 0 Å². The number of nitrogens with one attached hydrogen (secondary N) is 1. The van der Waals surface area contributed by atoms with Crippen molar-refractivity contribution in [2.75, 3.05) is 29.9 Å². The number of aromatic nitrogens is 4. The van der Waals surface area contributed by atoms with Gasteiger partial charge in [-0.15, -0.1) is 0 Å². The minimum atomic E-state index is -4.69. The van der Waals surface area contributed by atoms with Crippen LogP contribution in [0.5, 0.6) is 0 Å². The summed E-state index contributed by atoms with van der Waals surface area (Å²) in [4.78, 5) is 31.5. The van der Waals surface area contributed by atoms with Crippen molar-refractivity contribution in [2.45, 2.75) is 12.4 Å². The van der Waals surface area contributed by atoms with E-state index >= 15 is 0 Å². The number of halogens is 6. The average Bonchev–Trinajstić information content (AvgIpc) is 2.92. The summed E-state index contributed by atoms with van der Waals surface area (Å²) < 4.78 is 79.8. The fourth-order valence-corrected chi connectivity index (χ4v) is 4.86. The van der Waals surface area contributed by atoms with Gasteiger partial charge in [-0.1, -0.05) is 0 Å². The molecule has 0 atom stereocenters. The van der Waals surface area contributed by atoms with Crippen molar-refractivity contribution in [1.82, 2.24) is 24.8 Å². The number of amides is 1. The molecule has 1 N–H and O–H groups in total. The molecular formula is C25H18F6N6OS. The summed E-state index contributed by atoms with van der Waals surface area (Å²) >= 11 is 1.69. The second-order valence-corrected chi connectivity index (χ2v) is 9.69. The van der Waals surface area contributed by atoms with E-state index in [4.69, 9.17) is 0 Å². The SMILES string of the molecule is O=C(c1nc(Nc2ccc(C(F)(F)F)cc2)c2ccc(-c3ncccc3C(F)(F)F)nc2n1)N1CCSCC1. The Hall–Kier alpha value is -3.94. The molecule has 0 saturated carbocycles. The largest absolute Gasteiger partial charge is 0.418 e. The van der Waals surface area contributed by atoms with Crippen molar-refractivity contribution in [3.63, 3.8) is 0 Å². The molecule has 1 aliphatic rings. The van der Waals surface area contributed by atoms with Crippen molar-refractivity contribution in [1.29, 1.82) is 0 Å². The van der Waals surface area contributed by atoms with Crippen LogP contribution in [-0.4, -0.2) is 55.3 Å². The highest BCUT2D eigenvalue weighted by molar-refractivity contribution is 7.99. The predicted molar refractivity (Wildman–Crippen MR) is 134 cm³/mol. The van der Waals surface area contributed by atoms with E-state index in [2.05, 4.69) is 25.3 Å². The summed E-state index contributed by atoms with van der Waals surface area (Å²) in [6, 6.07) is 8.95. The molecule has 14 heteroatoms. The van der Waals surface area contributed by atoms with Gasteiger partial charge in [0, 0.05) is 36.5 Å². The first-order valence-electron chi connectivity index (χ1n) is 11.5. The fraction of sp³-hybridized carbons (Fsp3) is 0.240. The zero-order valence-corrected chi connectivity index (χ0v) is 20.7. The Bertz CT molecular complexity index is 1520. The van der Waals surface area contributed by atoms with Gasteiger partial charge >= 0.3 is 12.4 Å². The Morgan fingerprint density at radius 2 is 1.59 bits per heavy atom. The smallest absolute Gasteiger partial charge is 0.340 e. The molecule has 202 valence electrons. The zero-order chi connectivity index (χ0) is 27.8. The van der Waals surface area contributed by atoms with Crippen LogP contribution in [0.3, 0.4) is 0 Å². The number of pyridine rings is 2. The van der Waals surface area contributed by atoms with Crippen LogP contribution in [0.2, 0.25) is 0 Å². The first-order chi connectivity index (χ1) is 18.5. The highest BCUT2D eigenvalue weighted by Crippen LogP contribution is 2.36. The van der Waals surface area contributed by atoms with Gasteiger partial charge in [-0.2, -0.15) is 38.1 Å². The Kier molecular flexibility index (Phi) is 7.05. The summed E-state index contributed by atoms with van der Waals surface area (Å²) in [5.41, 5.74) is -2.21. The van der Waals surface area contributed by atoms with Crippen LogP contribution in [0.15, 0.2) is 54.7 Å². The molecule has 1 aliphatic heterocycles. The second-order valence-electron chi connectivity index (χ2n) is 8.47. The van der Waals surface area contributed by atoms with Crippen molar-refractivity contribution >= 4 is 40.2 Å². The molecule has 0 aliphatic carbocycles. The van der Waals surface area contributed by atoms with E-state index < -0.39 is 35.1 Å². The van der Waals surface area contributed by atoms with E-state index in [1.54, 1.807) is 16.7 Å². The maximum atomic E-state index is 13.6. The maximum absolute atomic E-state index is 13.6. The van der Waals surface area contributed by atoms with Crippen LogP contribution in [-0.2, 0) is 12.4 Å². The minimum absolute atomic E-state index is 0.0607. The van der Waals surface area contributed by atoms with Gasteiger partial charge in [0.25, 0.3) is 5.91 Å². The van der Waals surface area contributed by atoms with Gasteiger partial charge in [0.2, 0.25) is 5.82 Å². The lowest BCUT2D eigenvalue weighted by Crippen LogP contribution is -2.38. The summed E-state index contributed by atoms with van der Waals surface area (Å²) in [5, 5.41) is 3.13. The van der Waals surface area contributed by atoms with Gasteiger partial charge in [-0.05, 0) is 48.5 Å². The van der Waals surface area contributed by atoms with Crippen molar-refractivity contribution in [3.05, 3.63) is 71.7 Å². The van der Waals surface area contributed by atoms with Gasteiger partial charge in [0.15, 0.2) is 5.65 Å². The molecular weight excluding hydrogens is 546 g/mol.